The first-order chi connectivity index (χ1) is 14.3. The van der Waals surface area contributed by atoms with Crippen LogP contribution in [0.3, 0.4) is 0 Å². The summed E-state index contributed by atoms with van der Waals surface area (Å²) in [5, 5.41) is 3.26. The molecule has 0 bridgehead atoms. The summed E-state index contributed by atoms with van der Waals surface area (Å²) in [6.07, 6.45) is 4.04. The number of morpholine rings is 1. The predicted octanol–water partition coefficient (Wildman–Crippen LogP) is 3.63. The maximum atomic E-state index is 12.8. The predicted molar refractivity (Wildman–Crippen MR) is 116 cm³/mol. The van der Waals surface area contributed by atoms with Crippen LogP contribution < -0.4 is 5.32 Å². The van der Waals surface area contributed by atoms with Gasteiger partial charge in [-0.25, -0.2) is 0 Å². The van der Waals surface area contributed by atoms with Gasteiger partial charge in [0.1, 0.15) is 0 Å². The fraction of sp³-hybridized carbons (Fsp3) is 0.480. The quantitative estimate of drug-likeness (QED) is 0.709. The second-order valence-electron chi connectivity index (χ2n) is 8.35. The van der Waals surface area contributed by atoms with Crippen molar-refractivity contribution in [2.24, 2.45) is 5.92 Å². The van der Waals surface area contributed by atoms with Gasteiger partial charge < -0.3 is 10.1 Å². The Bertz CT molecular complexity index is 755. The van der Waals surface area contributed by atoms with Crippen LogP contribution in [-0.4, -0.2) is 49.7 Å². The van der Waals surface area contributed by atoms with Gasteiger partial charge in [0.15, 0.2) is 0 Å². The minimum Gasteiger partial charge on any atom is -0.379 e. The molecule has 2 fully saturated rings. The largest absolute Gasteiger partial charge is 0.379 e. The highest BCUT2D eigenvalue weighted by molar-refractivity contribution is 5.77. The van der Waals surface area contributed by atoms with Crippen LogP contribution in [0.15, 0.2) is 60.7 Å². The SMILES string of the molecule is O=C(CC(c1ccccc1)C1CC1)NCC(Cc1ccccc1)N1CCOCC1. The van der Waals surface area contributed by atoms with Crippen LogP contribution in [0.25, 0.3) is 0 Å². The van der Waals surface area contributed by atoms with Gasteiger partial charge in [-0.3, -0.25) is 9.69 Å². The van der Waals surface area contributed by atoms with Gasteiger partial charge in [0.25, 0.3) is 0 Å². The summed E-state index contributed by atoms with van der Waals surface area (Å²) in [6, 6.07) is 21.4. The van der Waals surface area contributed by atoms with Crippen molar-refractivity contribution in [2.45, 2.75) is 37.6 Å². The van der Waals surface area contributed by atoms with E-state index in [1.165, 1.54) is 24.0 Å². The minimum atomic E-state index is 0.178. The second kappa shape index (κ2) is 10.0. The molecule has 2 atom stereocenters. The van der Waals surface area contributed by atoms with E-state index in [4.69, 9.17) is 4.74 Å². The minimum absolute atomic E-state index is 0.178. The Morgan fingerprint density at radius 2 is 1.66 bits per heavy atom. The van der Waals surface area contributed by atoms with Gasteiger partial charge in [-0.15, -0.1) is 0 Å². The molecule has 0 radical (unpaired) electrons. The number of nitrogens with zero attached hydrogens (tertiary/aromatic N) is 1. The third kappa shape index (κ3) is 5.91. The number of ether oxygens (including phenoxy) is 1. The molecular formula is C25H32N2O2. The summed E-state index contributed by atoms with van der Waals surface area (Å²) >= 11 is 0. The summed E-state index contributed by atoms with van der Waals surface area (Å²) in [6.45, 7) is 4.11. The molecule has 154 valence electrons. The van der Waals surface area contributed by atoms with Crippen LogP contribution in [0, 0.1) is 5.92 Å². The first kappa shape index (κ1) is 20.1. The fourth-order valence-corrected chi connectivity index (χ4v) is 4.42. The Balaban J connectivity index is 1.36. The molecule has 1 heterocycles. The molecule has 0 spiro atoms. The Morgan fingerprint density at radius 1 is 1.00 bits per heavy atom. The number of hydrogen-bond donors (Lipinski definition) is 1. The van der Waals surface area contributed by atoms with E-state index >= 15 is 0 Å². The average Bonchev–Trinajstić information content (AvgIpc) is 3.62. The topological polar surface area (TPSA) is 41.6 Å². The Kier molecular flexibility index (Phi) is 6.96. The van der Waals surface area contributed by atoms with Crippen LogP contribution in [-0.2, 0) is 16.0 Å². The third-order valence-corrected chi connectivity index (χ3v) is 6.24. The van der Waals surface area contributed by atoms with Crippen LogP contribution in [0.1, 0.15) is 36.3 Å². The highest BCUT2D eigenvalue weighted by Gasteiger charge is 2.33. The van der Waals surface area contributed by atoms with E-state index in [1.807, 2.05) is 6.07 Å². The Morgan fingerprint density at radius 3 is 2.31 bits per heavy atom. The van der Waals surface area contributed by atoms with Crippen molar-refractivity contribution in [2.75, 3.05) is 32.8 Å². The van der Waals surface area contributed by atoms with Crippen molar-refractivity contribution in [3.8, 4) is 0 Å². The normalized spacial score (nSPS) is 19.4. The summed E-state index contributed by atoms with van der Waals surface area (Å²) in [7, 11) is 0. The van der Waals surface area contributed by atoms with E-state index in [-0.39, 0.29) is 5.91 Å². The molecular weight excluding hydrogens is 360 g/mol. The maximum absolute atomic E-state index is 12.8. The summed E-state index contributed by atoms with van der Waals surface area (Å²) in [5.41, 5.74) is 2.62. The van der Waals surface area contributed by atoms with Crippen LogP contribution in [0.2, 0.25) is 0 Å². The zero-order valence-electron chi connectivity index (χ0n) is 17.1. The number of benzene rings is 2. The molecule has 2 aromatic rings. The second-order valence-corrected chi connectivity index (χ2v) is 8.35. The highest BCUT2D eigenvalue weighted by Crippen LogP contribution is 2.44. The monoisotopic (exact) mass is 392 g/mol. The van der Waals surface area contributed by atoms with Crippen molar-refractivity contribution in [1.82, 2.24) is 10.2 Å². The fourth-order valence-electron chi connectivity index (χ4n) is 4.42. The molecule has 1 amide bonds. The van der Waals surface area contributed by atoms with Crippen molar-refractivity contribution >= 4 is 5.91 Å². The smallest absolute Gasteiger partial charge is 0.220 e. The molecule has 4 rings (SSSR count). The average molecular weight is 393 g/mol. The first-order valence-electron chi connectivity index (χ1n) is 11.0. The molecule has 2 unspecified atom stereocenters. The molecule has 1 N–H and O–H groups in total. The highest BCUT2D eigenvalue weighted by atomic mass is 16.5. The molecule has 2 aromatic carbocycles. The van der Waals surface area contributed by atoms with Crippen molar-refractivity contribution in [3.63, 3.8) is 0 Å². The number of rotatable bonds is 9. The standard InChI is InChI=1S/C25H32N2O2/c28-25(18-24(22-11-12-22)21-9-5-2-6-10-21)26-19-23(27-13-15-29-16-14-27)17-20-7-3-1-4-8-20/h1-10,22-24H,11-19H2,(H,26,28). The Hall–Kier alpha value is -2.17. The van der Waals surface area contributed by atoms with Crippen LogP contribution in [0.4, 0.5) is 0 Å². The lowest BCUT2D eigenvalue weighted by molar-refractivity contribution is -0.122. The molecule has 4 nitrogen and oxygen atoms in total. The van der Waals surface area contributed by atoms with E-state index in [0.29, 0.717) is 30.8 Å². The van der Waals surface area contributed by atoms with Gasteiger partial charge in [0, 0.05) is 32.1 Å². The molecule has 2 aliphatic rings. The molecule has 0 aromatic heterocycles. The first-order valence-corrected chi connectivity index (χ1v) is 11.0. The number of nitrogens with one attached hydrogen (secondary N) is 1. The zero-order chi connectivity index (χ0) is 19.9. The molecule has 1 aliphatic heterocycles. The van der Waals surface area contributed by atoms with Gasteiger partial charge in [0.05, 0.1) is 13.2 Å². The summed E-state index contributed by atoms with van der Waals surface area (Å²) in [5.74, 6) is 1.20. The lowest BCUT2D eigenvalue weighted by atomic mass is 9.90. The number of amides is 1. The van der Waals surface area contributed by atoms with E-state index < -0.39 is 0 Å². The van der Waals surface area contributed by atoms with Gasteiger partial charge >= 0.3 is 0 Å². The maximum Gasteiger partial charge on any atom is 0.220 e. The van der Waals surface area contributed by atoms with Gasteiger partial charge in [-0.1, -0.05) is 60.7 Å². The van der Waals surface area contributed by atoms with Crippen LogP contribution in [0.5, 0.6) is 0 Å². The lowest BCUT2D eigenvalue weighted by Gasteiger charge is -2.35. The molecule has 1 saturated heterocycles. The molecule has 1 aliphatic carbocycles. The third-order valence-electron chi connectivity index (χ3n) is 6.24. The van der Waals surface area contributed by atoms with Gasteiger partial charge in [-0.05, 0) is 42.2 Å². The number of carbonyl (C=O) groups excluding carboxylic acids is 1. The van der Waals surface area contributed by atoms with Crippen molar-refractivity contribution < 1.29 is 9.53 Å². The van der Waals surface area contributed by atoms with Gasteiger partial charge in [0.2, 0.25) is 5.91 Å². The van der Waals surface area contributed by atoms with Crippen molar-refractivity contribution in [1.29, 1.82) is 0 Å². The molecule has 29 heavy (non-hydrogen) atoms. The van der Waals surface area contributed by atoms with E-state index in [9.17, 15) is 4.79 Å². The number of carbonyl (C=O) groups is 1. The zero-order valence-corrected chi connectivity index (χ0v) is 17.1. The Labute approximate surface area is 174 Å². The van der Waals surface area contributed by atoms with E-state index in [1.54, 1.807) is 0 Å². The number of hydrogen-bond acceptors (Lipinski definition) is 3. The molecule has 1 saturated carbocycles. The van der Waals surface area contributed by atoms with Crippen LogP contribution >= 0.6 is 0 Å². The molecule has 4 heteroatoms. The van der Waals surface area contributed by atoms with Gasteiger partial charge in [-0.2, -0.15) is 0 Å². The lowest BCUT2D eigenvalue weighted by Crippen LogP contribution is -2.49. The summed E-state index contributed by atoms with van der Waals surface area (Å²) < 4.78 is 5.53. The van der Waals surface area contributed by atoms with Crippen molar-refractivity contribution in [3.05, 3.63) is 71.8 Å². The summed E-state index contributed by atoms with van der Waals surface area (Å²) in [4.78, 5) is 15.3. The van der Waals surface area contributed by atoms with E-state index in [2.05, 4.69) is 64.8 Å². The van der Waals surface area contributed by atoms with E-state index in [0.717, 1.165) is 32.7 Å².